The molecule has 1 fully saturated rings. The first-order valence-electron chi connectivity index (χ1n) is 8.88. The molecule has 0 spiro atoms. The molecule has 0 atom stereocenters. The Morgan fingerprint density at radius 3 is 2.52 bits per heavy atom. The minimum absolute atomic E-state index is 0. The summed E-state index contributed by atoms with van der Waals surface area (Å²) in [6.45, 7) is 10.6. The van der Waals surface area contributed by atoms with Crippen LogP contribution < -0.4 is 0 Å². The molecule has 1 saturated heterocycles. The van der Waals surface area contributed by atoms with Crippen LogP contribution in [0.5, 0.6) is 0 Å². The van der Waals surface area contributed by atoms with Gasteiger partial charge in [-0.3, -0.25) is 9.69 Å². The largest absolute Gasteiger partial charge is 0.480 e. The van der Waals surface area contributed by atoms with Crippen molar-refractivity contribution in [3.63, 3.8) is 0 Å². The molecule has 0 aromatic heterocycles. The van der Waals surface area contributed by atoms with Crippen LogP contribution in [-0.2, 0) is 4.79 Å². The number of carboxylic acids is 1. The van der Waals surface area contributed by atoms with Crippen LogP contribution in [0.4, 0.5) is 0 Å². The van der Waals surface area contributed by atoms with Gasteiger partial charge in [0, 0.05) is 23.2 Å². The van der Waals surface area contributed by atoms with Crippen molar-refractivity contribution >= 4 is 30.1 Å². The van der Waals surface area contributed by atoms with E-state index in [0.717, 1.165) is 44.8 Å². The summed E-state index contributed by atoms with van der Waals surface area (Å²) in [7, 11) is 0. The molecule has 0 aliphatic carbocycles. The second-order valence-electron chi connectivity index (χ2n) is 6.62. The molecule has 0 radical (unpaired) electrons. The number of likely N-dealkylation sites (tertiary alicyclic amines) is 1. The van der Waals surface area contributed by atoms with Gasteiger partial charge in [0.25, 0.3) is 0 Å². The van der Waals surface area contributed by atoms with Crippen LogP contribution in [0.15, 0.2) is 23.1 Å². The molecular formula is C19H31ClN2O2S. The van der Waals surface area contributed by atoms with Crippen LogP contribution in [0.3, 0.4) is 0 Å². The Bertz CT molecular complexity index is 548. The van der Waals surface area contributed by atoms with Crippen LogP contribution in [-0.4, -0.2) is 65.4 Å². The van der Waals surface area contributed by atoms with Gasteiger partial charge in [-0.15, -0.1) is 24.2 Å². The molecule has 0 unspecified atom stereocenters. The predicted molar refractivity (Wildman–Crippen MR) is 108 cm³/mol. The summed E-state index contributed by atoms with van der Waals surface area (Å²) in [4.78, 5) is 16.9. The number of hydrogen-bond acceptors (Lipinski definition) is 4. The van der Waals surface area contributed by atoms with E-state index in [-0.39, 0.29) is 19.0 Å². The Kier molecular flexibility index (Phi) is 9.87. The lowest BCUT2D eigenvalue weighted by Gasteiger charge is -2.37. The van der Waals surface area contributed by atoms with E-state index in [1.54, 1.807) is 0 Å². The average molecular weight is 387 g/mol. The number of carboxylic acid groups (broad SMARTS) is 1. The topological polar surface area (TPSA) is 43.8 Å². The summed E-state index contributed by atoms with van der Waals surface area (Å²) in [6.07, 6.45) is 2.16. The molecule has 1 heterocycles. The Labute approximate surface area is 162 Å². The number of benzene rings is 1. The molecule has 25 heavy (non-hydrogen) atoms. The SMILES string of the molecule is CCN(CC(=O)O)C1CCN(CCSc2ccc(C)c(C)c2)CC1.Cl. The van der Waals surface area contributed by atoms with Gasteiger partial charge < -0.3 is 10.0 Å². The highest BCUT2D eigenvalue weighted by Crippen LogP contribution is 2.22. The normalized spacial score (nSPS) is 16.0. The minimum atomic E-state index is -0.718. The van der Waals surface area contributed by atoms with E-state index in [9.17, 15) is 4.79 Å². The van der Waals surface area contributed by atoms with E-state index < -0.39 is 5.97 Å². The maximum atomic E-state index is 10.9. The van der Waals surface area contributed by atoms with Crippen LogP contribution in [0.2, 0.25) is 0 Å². The van der Waals surface area contributed by atoms with Crippen LogP contribution >= 0.6 is 24.2 Å². The average Bonchev–Trinajstić information content (AvgIpc) is 2.56. The Morgan fingerprint density at radius 1 is 1.28 bits per heavy atom. The first-order valence-corrected chi connectivity index (χ1v) is 9.86. The van der Waals surface area contributed by atoms with Crippen molar-refractivity contribution in [2.45, 2.75) is 44.6 Å². The van der Waals surface area contributed by atoms with Crippen molar-refractivity contribution in [3.8, 4) is 0 Å². The molecule has 1 aromatic carbocycles. The first-order chi connectivity index (χ1) is 11.5. The molecule has 1 aliphatic heterocycles. The predicted octanol–water partition coefficient (Wildman–Crippen LogP) is 3.69. The molecule has 2 rings (SSSR count). The van der Waals surface area contributed by atoms with Gasteiger partial charge in [-0.1, -0.05) is 13.0 Å². The van der Waals surface area contributed by atoms with Crippen molar-refractivity contribution in [1.29, 1.82) is 0 Å². The van der Waals surface area contributed by atoms with Crippen molar-refractivity contribution in [1.82, 2.24) is 9.80 Å². The Balaban J connectivity index is 0.00000312. The highest BCUT2D eigenvalue weighted by Gasteiger charge is 2.24. The third kappa shape index (κ3) is 7.18. The number of hydrogen-bond donors (Lipinski definition) is 1. The number of halogens is 1. The third-order valence-electron chi connectivity index (χ3n) is 4.97. The summed E-state index contributed by atoms with van der Waals surface area (Å²) in [5.74, 6) is 0.392. The van der Waals surface area contributed by atoms with Crippen molar-refractivity contribution in [3.05, 3.63) is 29.3 Å². The summed E-state index contributed by atoms with van der Waals surface area (Å²) in [5.41, 5.74) is 2.71. The maximum Gasteiger partial charge on any atom is 0.317 e. The number of thioether (sulfide) groups is 1. The number of nitrogens with zero attached hydrogens (tertiary/aromatic N) is 2. The van der Waals surface area contributed by atoms with Crippen LogP contribution in [0, 0.1) is 13.8 Å². The number of piperidine rings is 1. The van der Waals surface area contributed by atoms with E-state index >= 15 is 0 Å². The molecule has 0 bridgehead atoms. The van der Waals surface area contributed by atoms with Crippen LogP contribution in [0.25, 0.3) is 0 Å². The molecule has 6 heteroatoms. The van der Waals surface area contributed by atoms with Gasteiger partial charge in [0.1, 0.15) is 0 Å². The summed E-state index contributed by atoms with van der Waals surface area (Å²) >= 11 is 1.93. The van der Waals surface area contributed by atoms with Crippen molar-refractivity contribution in [2.24, 2.45) is 0 Å². The van der Waals surface area contributed by atoms with Gasteiger partial charge >= 0.3 is 5.97 Å². The number of carbonyl (C=O) groups is 1. The van der Waals surface area contributed by atoms with Crippen molar-refractivity contribution in [2.75, 3.05) is 38.5 Å². The zero-order valence-electron chi connectivity index (χ0n) is 15.5. The summed E-state index contributed by atoms with van der Waals surface area (Å²) < 4.78 is 0. The van der Waals surface area contributed by atoms with Gasteiger partial charge in [-0.05, 0) is 69.6 Å². The van der Waals surface area contributed by atoms with Gasteiger partial charge in [0.15, 0.2) is 0 Å². The fraction of sp³-hybridized carbons (Fsp3) is 0.632. The highest BCUT2D eigenvalue weighted by atomic mass is 35.5. The minimum Gasteiger partial charge on any atom is -0.480 e. The molecule has 1 aliphatic rings. The van der Waals surface area contributed by atoms with Crippen molar-refractivity contribution < 1.29 is 9.90 Å². The van der Waals surface area contributed by atoms with Gasteiger partial charge in [0.05, 0.1) is 6.54 Å². The van der Waals surface area contributed by atoms with E-state index in [1.807, 2.05) is 11.8 Å². The smallest absolute Gasteiger partial charge is 0.317 e. The number of rotatable bonds is 8. The van der Waals surface area contributed by atoms with E-state index in [2.05, 4.69) is 48.8 Å². The lowest BCUT2D eigenvalue weighted by Crippen LogP contribution is -2.46. The van der Waals surface area contributed by atoms with Gasteiger partial charge in [-0.25, -0.2) is 0 Å². The molecule has 1 aromatic rings. The van der Waals surface area contributed by atoms with E-state index in [4.69, 9.17) is 5.11 Å². The second-order valence-corrected chi connectivity index (χ2v) is 7.79. The zero-order chi connectivity index (χ0) is 17.5. The maximum absolute atomic E-state index is 10.9. The summed E-state index contributed by atoms with van der Waals surface area (Å²) in [6, 6.07) is 7.11. The lowest BCUT2D eigenvalue weighted by atomic mass is 10.0. The Morgan fingerprint density at radius 2 is 1.96 bits per heavy atom. The summed E-state index contributed by atoms with van der Waals surface area (Å²) in [5, 5.41) is 9.00. The quantitative estimate of drug-likeness (QED) is 0.690. The molecule has 1 N–H and O–H groups in total. The number of likely N-dealkylation sites (N-methyl/N-ethyl adjacent to an activating group) is 1. The van der Waals surface area contributed by atoms with Gasteiger partial charge in [-0.2, -0.15) is 0 Å². The monoisotopic (exact) mass is 386 g/mol. The molecule has 0 saturated carbocycles. The third-order valence-corrected chi connectivity index (χ3v) is 5.95. The number of aliphatic carboxylic acids is 1. The van der Waals surface area contributed by atoms with E-state index in [0.29, 0.717) is 6.04 Å². The van der Waals surface area contributed by atoms with Gasteiger partial charge in [0.2, 0.25) is 0 Å². The molecule has 4 nitrogen and oxygen atoms in total. The fourth-order valence-corrected chi connectivity index (χ4v) is 4.29. The van der Waals surface area contributed by atoms with E-state index in [1.165, 1.54) is 16.0 Å². The highest BCUT2D eigenvalue weighted by molar-refractivity contribution is 7.99. The second kappa shape index (κ2) is 11.1. The fourth-order valence-electron chi connectivity index (χ4n) is 3.28. The first kappa shape index (κ1) is 22.3. The molecule has 142 valence electrons. The Hall–Kier alpha value is -0.750. The number of aryl methyl sites for hydroxylation is 2. The molecular weight excluding hydrogens is 356 g/mol. The molecule has 0 amide bonds. The zero-order valence-corrected chi connectivity index (χ0v) is 17.2. The van der Waals surface area contributed by atoms with Crippen LogP contribution in [0.1, 0.15) is 30.9 Å². The standard InChI is InChI=1S/C19H30N2O2S.ClH/c1-4-21(14-19(22)23)17-7-9-20(10-8-17)11-12-24-18-6-5-15(2)16(3)13-18;/h5-6,13,17H,4,7-12,14H2,1-3H3,(H,22,23);1H. The lowest BCUT2D eigenvalue weighted by molar-refractivity contribution is -0.139.